The van der Waals surface area contributed by atoms with E-state index in [1.54, 1.807) is 24.3 Å². The van der Waals surface area contributed by atoms with Gasteiger partial charge in [-0.1, -0.05) is 29.2 Å². The van der Waals surface area contributed by atoms with Crippen molar-refractivity contribution in [2.24, 2.45) is 0 Å². The third-order valence-electron chi connectivity index (χ3n) is 3.17. The third kappa shape index (κ3) is 3.96. The van der Waals surface area contributed by atoms with Crippen molar-refractivity contribution in [3.8, 4) is 5.69 Å². The van der Waals surface area contributed by atoms with Crippen LogP contribution in [0.1, 0.15) is 18.1 Å². The SMILES string of the molecule is CC(=O)Nc1nnc(SCc2ccc(-n3ccnc3)cc2C)s1. The molecular formula is C15H15N5OS2. The van der Waals surface area contributed by atoms with Crippen LogP contribution in [0.4, 0.5) is 5.13 Å². The van der Waals surface area contributed by atoms with E-state index in [0.717, 1.165) is 15.8 Å². The molecule has 1 aromatic carbocycles. The van der Waals surface area contributed by atoms with Crippen LogP contribution in [-0.4, -0.2) is 25.7 Å². The molecule has 23 heavy (non-hydrogen) atoms. The summed E-state index contributed by atoms with van der Waals surface area (Å²) in [6.07, 6.45) is 5.48. The molecule has 0 saturated heterocycles. The number of imidazole rings is 1. The van der Waals surface area contributed by atoms with Crippen molar-refractivity contribution in [3.05, 3.63) is 48.0 Å². The van der Waals surface area contributed by atoms with Crippen molar-refractivity contribution in [1.29, 1.82) is 0 Å². The number of hydrogen-bond acceptors (Lipinski definition) is 6. The lowest BCUT2D eigenvalue weighted by atomic mass is 10.1. The minimum absolute atomic E-state index is 0.136. The number of hydrogen-bond donors (Lipinski definition) is 1. The summed E-state index contributed by atoms with van der Waals surface area (Å²) in [6.45, 7) is 3.55. The summed E-state index contributed by atoms with van der Waals surface area (Å²) in [7, 11) is 0. The van der Waals surface area contributed by atoms with Gasteiger partial charge in [-0.2, -0.15) is 0 Å². The summed E-state index contributed by atoms with van der Waals surface area (Å²) >= 11 is 3.00. The van der Waals surface area contributed by atoms with Crippen LogP contribution < -0.4 is 5.32 Å². The number of carbonyl (C=O) groups is 1. The summed E-state index contributed by atoms with van der Waals surface area (Å²) in [5.41, 5.74) is 3.56. The molecule has 3 rings (SSSR count). The van der Waals surface area contributed by atoms with Crippen LogP contribution in [0.3, 0.4) is 0 Å². The molecule has 0 fully saturated rings. The van der Waals surface area contributed by atoms with Crippen molar-refractivity contribution < 1.29 is 4.79 Å². The second kappa shape index (κ2) is 6.93. The molecular weight excluding hydrogens is 330 g/mol. The second-order valence-corrected chi connectivity index (χ2v) is 7.12. The maximum absolute atomic E-state index is 11.0. The highest BCUT2D eigenvalue weighted by Crippen LogP contribution is 2.29. The first-order valence-electron chi connectivity index (χ1n) is 6.93. The number of benzene rings is 1. The van der Waals surface area contributed by atoms with Gasteiger partial charge in [0.2, 0.25) is 11.0 Å². The third-order valence-corrected chi connectivity index (χ3v) is 5.19. The quantitative estimate of drug-likeness (QED) is 0.567. The lowest BCUT2D eigenvalue weighted by Crippen LogP contribution is -2.04. The average Bonchev–Trinajstić information content (AvgIpc) is 3.17. The largest absolute Gasteiger partial charge is 0.306 e. The van der Waals surface area contributed by atoms with Crippen LogP contribution in [-0.2, 0) is 10.5 Å². The lowest BCUT2D eigenvalue weighted by Gasteiger charge is -2.08. The molecule has 8 heteroatoms. The van der Waals surface area contributed by atoms with E-state index in [4.69, 9.17) is 0 Å². The Balaban J connectivity index is 1.66. The normalized spacial score (nSPS) is 10.7. The summed E-state index contributed by atoms with van der Waals surface area (Å²) in [4.78, 5) is 15.1. The average molecular weight is 345 g/mol. The van der Waals surface area contributed by atoms with Gasteiger partial charge in [-0.25, -0.2) is 4.98 Å². The van der Waals surface area contributed by atoms with E-state index >= 15 is 0 Å². The van der Waals surface area contributed by atoms with Gasteiger partial charge < -0.3 is 9.88 Å². The second-order valence-electron chi connectivity index (χ2n) is 4.92. The zero-order valence-corrected chi connectivity index (χ0v) is 14.3. The number of nitrogens with one attached hydrogen (secondary N) is 1. The molecule has 3 aromatic rings. The molecule has 2 heterocycles. The van der Waals surface area contributed by atoms with Crippen LogP contribution in [0, 0.1) is 6.92 Å². The molecule has 6 nitrogen and oxygen atoms in total. The van der Waals surface area contributed by atoms with E-state index in [1.165, 1.54) is 29.4 Å². The number of amides is 1. The van der Waals surface area contributed by atoms with Crippen molar-refractivity contribution in [2.75, 3.05) is 5.32 Å². The summed E-state index contributed by atoms with van der Waals surface area (Å²) in [5.74, 6) is 0.675. The molecule has 1 amide bonds. The summed E-state index contributed by atoms with van der Waals surface area (Å²) in [5, 5.41) is 11.2. The van der Waals surface area contributed by atoms with Crippen molar-refractivity contribution in [1.82, 2.24) is 19.7 Å². The summed E-state index contributed by atoms with van der Waals surface area (Å²) < 4.78 is 2.82. The van der Waals surface area contributed by atoms with Gasteiger partial charge in [-0.3, -0.25) is 4.79 Å². The molecule has 0 atom stereocenters. The zero-order chi connectivity index (χ0) is 16.2. The fourth-order valence-electron chi connectivity index (χ4n) is 2.02. The molecule has 2 aromatic heterocycles. The maximum Gasteiger partial charge on any atom is 0.223 e. The summed E-state index contributed by atoms with van der Waals surface area (Å²) in [6, 6.07) is 6.33. The van der Waals surface area contributed by atoms with Gasteiger partial charge in [0.1, 0.15) is 0 Å². The first kappa shape index (κ1) is 15.7. The first-order chi connectivity index (χ1) is 11.1. The smallest absolute Gasteiger partial charge is 0.223 e. The predicted molar refractivity (Wildman–Crippen MR) is 92.1 cm³/mol. The van der Waals surface area contributed by atoms with E-state index in [2.05, 4.69) is 45.6 Å². The molecule has 1 N–H and O–H groups in total. The molecule has 0 radical (unpaired) electrons. The molecule has 0 bridgehead atoms. The Kier molecular flexibility index (Phi) is 4.73. The van der Waals surface area contributed by atoms with E-state index in [1.807, 2.05) is 10.8 Å². The van der Waals surface area contributed by atoms with Crippen LogP contribution in [0.5, 0.6) is 0 Å². The van der Waals surface area contributed by atoms with Gasteiger partial charge >= 0.3 is 0 Å². The van der Waals surface area contributed by atoms with Crippen LogP contribution in [0.2, 0.25) is 0 Å². The van der Waals surface area contributed by atoms with E-state index in [0.29, 0.717) is 5.13 Å². The van der Waals surface area contributed by atoms with Gasteiger partial charge in [0.05, 0.1) is 6.33 Å². The maximum atomic E-state index is 11.0. The number of carbonyl (C=O) groups excluding carboxylic acids is 1. The van der Waals surface area contributed by atoms with Crippen molar-refractivity contribution >= 4 is 34.1 Å². The highest BCUT2D eigenvalue weighted by molar-refractivity contribution is 8.00. The number of anilines is 1. The van der Waals surface area contributed by atoms with Gasteiger partial charge in [-0.15, -0.1) is 10.2 Å². The number of thioether (sulfide) groups is 1. The minimum atomic E-state index is -0.136. The predicted octanol–water partition coefficient (Wildman–Crippen LogP) is 3.28. The lowest BCUT2D eigenvalue weighted by molar-refractivity contribution is -0.114. The number of aromatic nitrogens is 4. The van der Waals surface area contributed by atoms with Crippen LogP contribution in [0.15, 0.2) is 41.3 Å². The Bertz CT molecular complexity index is 813. The Labute approximate surface area is 142 Å². The van der Waals surface area contributed by atoms with Crippen LogP contribution in [0.25, 0.3) is 5.69 Å². The number of aryl methyl sites for hydroxylation is 1. The van der Waals surface area contributed by atoms with Gasteiger partial charge in [-0.05, 0) is 30.2 Å². The molecule has 0 aliphatic rings. The molecule has 0 aliphatic carbocycles. The minimum Gasteiger partial charge on any atom is -0.306 e. The molecule has 0 aliphatic heterocycles. The Hall–Kier alpha value is -2.19. The van der Waals surface area contributed by atoms with Crippen molar-refractivity contribution in [2.45, 2.75) is 23.9 Å². The topological polar surface area (TPSA) is 72.7 Å². The Morgan fingerprint density at radius 1 is 1.39 bits per heavy atom. The molecule has 0 saturated carbocycles. The van der Waals surface area contributed by atoms with Gasteiger partial charge in [0.15, 0.2) is 4.34 Å². The van der Waals surface area contributed by atoms with Crippen LogP contribution >= 0.6 is 23.1 Å². The fourth-order valence-corrected chi connectivity index (χ4v) is 3.90. The first-order valence-corrected chi connectivity index (χ1v) is 8.74. The van der Waals surface area contributed by atoms with Gasteiger partial charge in [0, 0.05) is 30.8 Å². The molecule has 0 spiro atoms. The Morgan fingerprint density at radius 3 is 2.96 bits per heavy atom. The monoisotopic (exact) mass is 345 g/mol. The number of nitrogens with zero attached hydrogens (tertiary/aromatic N) is 4. The van der Waals surface area contributed by atoms with E-state index in [-0.39, 0.29) is 5.91 Å². The fraction of sp³-hybridized carbons (Fsp3) is 0.200. The Morgan fingerprint density at radius 2 is 2.26 bits per heavy atom. The number of rotatable bonds is 5. The zero-order valence-electron chi connectivity index (χ0n) is 12.7. The van der Waals surface area contributed by atoms with E-state index < -0.39 is 0 Å². The highest BCUT2D eigenvalue weighted by Gasteiger charge is 2.08. The molecule has 0 unspecified atom stereocenters. The van der Waals surface area contributed by atoms with Crippen molar-refractivity contribution in [3.63, 3.8) is 0 Å². The highest BCUT2D eigenvalue weighted by atomic mass is 32.2. The van der Waals surface area contributed by atoms with E-state index in [9.17, 15) is 4.79 Å². The standard InChI is InChI=1S/C15H15N5OS2/c1-10-7-13(20-6-5-16-9-20)4-3-12(10)8-22-15-19-18-14(23-15)17-11(2)21/h3-7,9H,8H2,1-2H3,(H,17,18,21). The van der Waals surface area contributed by atoms with Gasteiger partial charge in [0.25, 0.3) is 0 Å². The molecule has 118 valence electrons.